The number of carbonyl (C=O) groups excluding carboxylic acids is 1. The molecule has 2 N–H and O–H groups in total. The fourth-order valence-electron chi connectivity index (χ4n) is 2.04. The molecule has 2 heterocycles. The molecule has 0 saturated heterocycles. The van der Waals surface area contributed by atoms with Crippen LogP contribution in [0.3, 0.4) is 0 Å². The lowest BCUT2D eigenvalue weighted by Crippen LogP contribution is -2.23. The Morgan fingerprint density at radius 3 is 3.06 bits per heavy atom. The first-order valence-corrected chi connectivity index (χ1v) is 5.83. The summed E-state index contributed by atoms with van der Waals surface area (Å²) < 4.78 is 4.70. The maximum Gasteiger partial charge on any atom is 0.251 e. The number of nitrogens with zero attached hydrogens (tertiary/aromatic N) is 1. The highest BCUT2D eigenvalue weighted by molar-refractivity contribution is 5.94. The van der Waals surface area contributed by atoms with Gasteiger partial charge in [0.1, 0.15) is 12.0 Å². The quantitative estimate of drug-likeness (QED) is 0.850. The molecule has 0 unspecified atom stereocenters. The Morgan fingerprint density at radius 2 is 2.22 bits per heavy atom. The highest BCUT2D eigenvalue weighted by Gasteiger charge is 2.13. The molecule has 1 amide bonds. The summed E-state index contributed by atoms with van der Waals surface area (Å²) >= 11 is 0. The predicted molar refractivity (Wildman–Crippen MR) is 64.7 cm³/mol. The number of carbonyl (C=O) groups is 1. The van der Waals surface area contributed by atoms with Crippen molar-refractivity contribution in [1.82, 2.24) is 15.8 Å². The Morgan fingerprint density at radius 1 is 1.33 bits per heavy atom. The van der Waals surface area contributed by atoms with Crippen molar-refractivity contribution in [2.45, 2.75) is 19.6 Å². The maximum atomic E-state index is 11.9. The summed E-state index contributed by atoms with van der Waals surface area (Å²) in [7, 11) is 0. The van der Waals surface area contributed by atoms with E-state index in [1.165, 1.54) is 17.4 Å². The fourth-order valence-corrected chi connectivity index (χ4v) is 2.04. The molecule has 1 aliphatic rings. The highest BCUT2D eigenvalue weighted by Crippen LogP contribution is 2.16. The summed E-state index contributed by atoms with van der Waals surface area (Å²) in [6, 6.07) is 7.52. The van der Waals surface area contributed by atoms with Crippen LogP contribution < -0.4 is 10.6 Å². The van der Waals surface area contributed by atoms with Crippen molar-refractivity contribution in [2.75, 3.05) is 0 Å². The van der Waals surface area contributed by atoms with Crippen LogP contribution >= 0.6 is 0 Å². The molecule has 0 fully saturated rings. The zero-order chi connectivity index (χ0) is 12.4. The third kappa shape index (κ3) is 2.12. The third-order valence-corrected chi connectivity index (χ3v) is 3.02. The number of hydrogen-bond acceptors (Lipinski definition) is 4. The van der Waals surface area contributed by atoms with Gasteiger partial charge in [0.15, 0.2) is 0 Å². The summed E-state index contributed by atoms with van der Waals surface area (Å²) in [5.74, 6) is -0.0901. The Balaban J connectivity index is 1.69. The van der Waals surface area contributed by atoms with Crippen LogP contribution in [0.4, 0.5) is 0 Å². The van der Waals surface area contributed by atoms with E-state index in [0.29, 0.717) is 17.8 Å². The van der Waals surface area contributed by atoms with Crippen molar-refractivity contribution in [3.63, 3.8) is 0 Å². The van der Waals surface area contributed by atoms with E-state index < -0.39 is 0 Å². The Labute approximate surface area is 104 Å². The highest BCUT2D eigenvalue weighted by atomic mass is 16.5. The smallest absolute Gasteiger partial charge is 0.251 e. The van der Waals surface area contributed by atoms with E-state index in [-0.39, 0.29) is 5.91 Å². The van der Waals surface area contributed by atoms with Gasteiger partial charge in [-0.15, -0.1) is 0 Å². The second-order valence-electron chi connectivity index (χ2n) is 4.26. The first-order chi connectivity index (χ1) is 8.83. The van der Waals surface area contributed by atoms with E-state index in [1.54, 1.807) is 6.07 Å². The number of rotatable bonds is 3. The molecule has 5 heteroatoms. The normalized spacial score (nSPS) is 13.3. The molecule has 0 saturated carbocycles. The fraction of sp³-hybridized carbons (Fsp3) is 0.231. The van der Waals surface area contributed by atoms with Crippen LogP contribution in [0.15, 0.2) is 35.1 Å². The molecule has 0 aliphatic carbocycles. The molecular formula is C13H13N3O2. The number of amides is 1. The standard InChI is InChI=1S/C13H13N3O2/c17-13(15-8-12-3-4-18-16-12)9-1-2-10-6-14-7-11(10)5-9/h1-5,14H,6-8H2,(H,15,17). The molecule has 2 aromatic rings. The van der Waals surface area contributed by atoms with Gasteiger partial charge in [0, 0.05) is 24.7 Å². The van der Waals surface area contributed by atoms with E-state index >= 15 is 0 Å². The molecule has 1 aliphatic heterocycles. The molecule has 1 aromatic heterocycles. The van der Waals surface area contributed by atoms with Gasteiger partial charge in [-0.25, -0.2) is 0 Å². The monoisotopic (exact) mass is 243 g/mol. The molecule has 0 radical (unpaired) electrons. The summed E-state index contributed by atoms with van der Waals surface area (Å²) in [6.45, 7) is 2.10. The average Bonchev–Trinajstić information content (AvgIpc) is 3.05. The van der Waals surface area contributed by atoms with Crippen LogP contribution in [0.2, 0.25) is 0 Å². The van der Waals surface area contributed by atoms with Crippen molar-refractivity contribution < 1.29 is 9.32 Å². The second-order valence-corrected chi connectivity index (χ2v) is 4.26. The van der Waals surface area contributed by atoms with Crippen molar-refractivity contribution in [3.05, 3.63) is 52.9 Å². The van der Waals surface area contributed by atoms with E-state index in [9.17, 15) is 4.79 Å². The number of aromatic nitrogens is 1. The van der Waals surface area contributed by atoms with Crippen LogP contribution in [-0.4, -0.2) is 11.1 Å². The minimum absolute atomic E-state index is 0.0901. The van der Waals surface area contributed by atoms with Crippen LogP contribution in [0.1, 0.15) is 27.2 Å². The zero-order valence-electron chi connectivity index (χ0n) is 9.77. The lowest BCUT2D eigenvalue weighted by molar-refractivity contribution is 0.0950. The van der Waals surface area contributed by atoms with Crippen molar-refractivity contribution in [1.29, 1.82) is 0 Å². The van der Waals surface area contributed by atoms with Gasteiger partial charge in [-0.3, -0.25) is 4.79 Å². The van der Waals surface area contributed by atoms with Gasteiger partial charge >= 0.3 is 0 Å². The van der Waals surface area contributed by atoms with Gasteiger partial charge in [-0.2, -0.15) is 0 Å². The number of fused-ring (bicyclic) bond motifs is 1. The predicted octanol–water partition coefficient (Wildman–Crippen LogP) is 1.21. The van der Waals surface area contributed by atoms with Gasteiger partial charge in [-0.05, 0) is 23.3 Å². The third-order valence-electron chi connectivity index (χ3n) is 3.02. The van der Waals surface area contributed by atoms with Crippen molar-refractivity contribution >= 4 is 5.91 Å². The molecule has 3 rings (SSSR count). The molecule has 0 atom stereocenters. The van der Waals surface area contributed by atoms with Crippen LogP contribution in [0.25, 0.3) is 0 Å². The van der Waals surface area contributed by atoms with Gasteiger partial charge in [0.2, 0.25) is 0 Å². The molecule has 5 nitrogen and oxygen atoms in total. The molecule has 1 aromatic carbocycles. The Kier molecular flexibility index (Phi) is 2.82. The summed E-state index contributed by atoms with van der Waals surface area (Å²) in [5, 5.41) is 9.80. The van der Waals surface area contributed by atoms with Crippen LogP contribution in [0.5, 0.6) is 0 Å². The van der Waals surface area contributed by atoms with Gasteiger partial charge in [0.25, 0.3) is 5.91 Å². The molecular weight excluding hydrogens is 230 g/mol. The molecule has 18 heavy (non-hydrogen) atoms. The summed E-state index contributed by atoms with van der Waals surface area (Å²) in [6.07, 6.45) is 1.49. The number of hydrogen-bond donors (Lipinski definition) is 2. The number of nitrogens with one attached hydrogen (secondary N) is 2. The average molecular weight is 243 g/mol. The zero-order valence-corrected chi connectivity index (χ0v) is 9.77. The minimum atomic E-state index is -0.0901. The van der Waals surface area contributed by atoms with E-state index in [0.717, 1.165) is 13.1 Å². The molecule has 0 bridgehead atoms. The topological polar surface area (TPSA) is 67.2 Å². The second kappa shape index (κ2) is 4.62. The largest absolute Gasteiger partial charge is 0.364 e. The minimum Gasteiger partial charge on any atom is -0.364 e. The lowest BCUT2D eigenvalue weighted by Gasteiger charge is -2.05. The first-order valence-electron chi connectivity index (χ1n) is 5.83. The van der Waals surface area contributed by atoms with Gasteiger partial charge < -0.3 is 15.2 Å². The summed E-state index contributed by atoms with van der Waals surface area (Å²) in [5.41, 5.74) is 3.86. The lowest BCUT2D eigenvalue weighted by atomic mass is 10.1. The van der Waals surface area contributed by atoms with E-state index in [1.807, 2.05) is 18.2 Å². The maximum absolute atomic E-state index is 11.9. The van der Waals surface area contributed by atoms with Crippen LogP contribution in [0, 0.1) is 0 Å². The van der Waals surface area contributed by atoms with Gasteiger partial charge in [0.05, 0.1) is 6.54 Å². The Bertz CT molecular complexity index is 564. The first kappa shape index (κ1) is 11.0. The van der Waals surface area contributed by atoms with Crippen molar-refractivity contribution in [3.8, 4) is 0 Å². The SMILES string of the molecule is O=C(NCc1ccon1)c1ccc2c(c1)CNC2. The van der Waals surface area contributed by atoms with E-state index in [4.69, 9.17) is 4.52 Å². The molecule has 0 spiro atoms. The van der Waals surface area contributed by atoms with E-state index in [2.05, 4.69) is 15.8 Å². The van der Waals surface area contributed by atoms with Gasteiger partial charge in [-0.1, -0.05) is 11.2 Å². The Hall–Kier alpha value is -2.14. The summed E-state index contributed by atoms with van der Waals surface area (Å²) in [4.78, 5) is 11.9. The molecule has 92 valence electrons. The van der Waals surface area contributed by atoms with Crippen molar-refractivity contribution in [2.24, 2.45) is 0 Å². The van der Waals surface area contributed by atoms with Crippen LogP contribution in [-0.2, 0) is 19.6 Å². The number of benzene rings is 1.